The smallest absolute Gasteiger partial charge is 0.152 e. The summed E-state index contributed by atoms with van der Waals surface area (Å²) in [5, 5.41) is 3.30. The van der Waals surface area contributed by atoms with Crippen LogP contribution >= 0.6 is 0 Å². The Morgan fingerprint density at radius 2 is 2.38 bits per heavy atom. The van der Waals surface area contributed by atoms with Crippen molar-refractivity contribution in [1.82, 2.24) is 15.3 Å². The minimum absolute atomic E-state index is 0.226. The van der Waals surface area contributed by atoms with Crippen LogP contribution in [-0.2, 0) is 16.4 Å². The standard InChI is InChI=1S/C10H17N3O2S/c1-8-9(12-7-11-8)5-13-10(2)3-4-16(14,15)6-10/h7,13H,3-6H2,1-2H3,(H,11,12). The summed E-state index contributed by atoms with van der Waals surface area (Å²) in [7, 11) is -2.85. The molecule has 0 bridgehead atoms. The highest BCUT2D eigenvalue weighted by Gasteiger charge is 2.37. The molecule has 0 aliphatic carbocycles. The van der Waals surface area contributed by atoms with Crippen LogP contribution in [0.25, 0.3) is 0 Å². The highest BCUT2D eigenvalue weighted by atomic mass is 32.2. The largest absolute Gasteiger partial charge is 0.348 e. The molecule has 1 saturated heterocycles. The van der Waals surface area contributed by atoms with Crippen LogP contribution < -0.4 is 5.32 Å². The van der Waals surface area contributed by atoms with Gasteiger partial charge in [0.05, 0.1) is 23.5 Å². The lowest BCUT2D eigenvalue weighted by Gasteiger charge is -2.23. The molecule has 16 heavy (non-hydrogen) atoms. The van der Waals surface area contributed by atoms with E-state index in [1.807, 2.05) is 13.8 Å². The normalized spacial score (nSPS) is 28.4. The highest BCUT2D eigenvalue weighted by Crippen LogP contribution is 2.23. The molecule has 0 saturated carbocycles. The van der Waals surface area contributed by atoms with Gasteiger partial charge in [-0.3, -0.25) is 0 Å². The molecule has 0 radical (unpaired) electrons. The van der Waals surface area contributed by atoms with Crippen molar-refractivity contribution in [2.45, 2.75) is 32.4 Å². The van der Waals surface area contributed by atoms with Crippen molar-refractivity contribution < 1.29 is 8.42 Å². The number of rotatable bonds is 3. The molecule has 5 nitrogen and oxygen atoms in total. The first-order chi connectivity index (χ1) is 7.40. The fourth-order valence-electron chi connectivity index (χ4n) is 2.01. The van der Waals surface area contributed by atoms with Gasteiger partial charge in [-0.05, 0) is 20.3 Å². The molecule has 2 rings (SSSR count). The van der Waals surface area contributed by atoms with Gasteiger partial charge in [0.2, 0.25) is 0 Å². The van der Waals surface area contributed by atoms with Gasteiger partial charge in [0.25, 0.3) is 0 Å². The van der Waals surface area contributed by atoms with Crippen molar-refractivity contribution in [1.29, 1.82) is 0 Å². The van der Waals surface area contributed by atoms with E-state index in [4.69, 9.17) is 0 Å². The first-order valence-corrected chi connectivity index (χ1v) is 7.17. The number of aryl methyl sites for hydroxylation is 1. The molecule has 6 heteroatoms. The zero-order valence-corrected chi connectivity index (χ0v) is 10.4. The first kappa shape index (κ1) is 11.6. The molecule has 0 amide bonds. The molecule has 1 aromatic heterocycles. The Morgan fingerprint density at radius 1 is 1.62 bits per heavy atom. The summed E-state index contributed by atoms with van der Waals surface area (Å²) in [6.45, 7) is 4.53. The summed E-state index contributed by atoms with van der Waals surface area (Å²) in [4.78, 5) is 7.18. The third-order valence-corrected chi connectivity index (χ3v) is 5.02. The zero-order valence-electron chi connectivity index (χ0n) is 9.58. The lowest BCUT2D eigenvalue weighted by atomic mass is 10.0. The molecule has 90 valence electrons. The maximum absolute atomic E-state index is 11.4. The summed E-state index contributed by atoms with van der Waals surface area (Å²) < 4.78 is 22.8. The summed E-state index contributed by atoms with van der Waals surface area (Å²) >= 11 is 0. The molecule has 0 spiro atoms. The zero-order chi connectivity index (χ0) is 11.8. The van der Waals surface area contributed by atoms with E-state index >= 15 is 0 Å². The minimum Gasteiger partial charge on any atom is -0.348 e. The van der Waals surface area contributed by atoms with Crippen molar-refractivity contribution >= 4 is 9.84 Å². The number of hydrogen-bond acceptors (Lipinski definition) is 4. The van der Waals surface area contributed by atoms with Crippen LogP contribution in [0.4, 0.5) is 0 Å². The molecule has 0 aromatic carbocycles. The van der Waals surface area contributed by atoms with E-state index in [9.17, 15) is 8.42 Å². The number of nitrogens with one attached hydrogen (secondary N) is 2. The van der Waals surface area contributed by atoms with E-state index in [0.717, 1.165) is 11.4 Å². The van der Waals surface area contributed by atoms with E-state index in [2.05, 4.69) is 15.3 Å². The summed E-state index contributed by atoms with van der Waals surface area (Å²) in [6, 6.07) is 0. The van der Waals surface area contributed by atoms with E-state index in [-0.39, 0.29) is 17.0 Å². The van der Waals surface area contributed by atoms with Crippen LogP contribution in [-0.4, -0.2) is 35.4 Å². The fraction of sp³-hybridized carbons (Fsp3) is 0.700. The van der Waals surface area contributed by atoms with Gasteiger partial charge < -0.3 is 10.3 Å². The summed E-state index contributed by atoms with van der Waals surface area (Å²) in [5.74, 6) is 0.513. The van der Waals surface area contributed by atoms with E-state index < -0.39 is 9.84 Å². The Kier molecular flexibility index (Phi) is 2.79. The van der Waals surface area contributed by atoms with Gasteiger partial charge in [0.1, 0.15) is 0 Å². The van der Waals surface area contributed by atoms with E-state index in [0.29, 0.717) is 13.0 Å². The SMILES string of the molecule is Cc1[nH]cnc1CNC1(C)CCS(=O)(=O)C1. The van der Waals surface area contributed by atoms with Crippen molar-refractivity contribution in [2.75, 3.05) is 11.5 Å². The lowest BCUT2D eigenvalue weighted by Crippen LogP contribution is -2.43. The van der Waals surface area contributed by atoms with Gasteiger partial charge >= 0.3 is 0 Å². The van der Waals surface area contributed by atoms with Gasteiger partial charge in [-0.15, -0.1) is 0 Å². The van der Waals surface area contributed by atoms with Crippen LogP contribution in [0.5, 0.6) is 0 Å². The number of sulfone groups is 1. The van der Waals surface area contributed by atoms with E-state index in [1.54, 1.807) is 6.33 Å². The Bertz CT molecular complexity index is 480. The predicted octanol–water partition coefficient (Wildman–Crippen LogP) is 0.385. The third-order valence-electron chi connectivity index (χ3n) is 3.12. The number of hydrogen-bond donors (Lipinski definition) is 2. The molecule has 1 aliphatic heterocycles. The number of imidazole rings is 1. The molecule has 1 fully saturated rings. The van der Waals surface area contributed by atoms with Crippen LogP contribution in [0.2, 0.25) is 0 Å². The van der Waals surface area contributed by atoms with Gasteiger partial charge in [-0.2, -0.15) is 0 Å². The van der Waals surface area contributed by atoms with Gasteiger partial charge in [0.15, 0.2) is 9.84 Å². The van der Waals surface area contributed by atoms with E-state index in [1.165, 1.54) is 0 Å². The molecule has 1 unspecified atom stereocenters. The van der Waals surface area contributed by atoms with Crippen LogP contribution in [0.3, 0.4) is 0 Å². The summed E-state index contributed by atoms with van der Waals surface area (Å²) in [5.41, 5.74) is 1.67. The number of aromatic amines is 1. The third kappa shape index (κ3) is 2.44. The van der Waals surface area contributed by atoms with Gasteiger partial charge in [-0.1, -0.05) is 0 Å². The Morgan fingerprint density at radius 3 is 2.88 bits per heavy atom. The molecule has 1 aliphatic rings. The molecule has 1 atom stereocenters. The van der Waals surface area contributed by atoms with Crippen LogP contribution in [0.1, 0.15) is 24.7 Å². The van der Waals surface area contributed by atoms with Crippen molar-refractivity contribution in [3.8, 4) is 0 Å². The quantitative estimate of drug-likeness (QED) is 0.805. The Hall–Kier alpha value is -0.880. The Balaban J connectivity index is 1.99. The van der Waals surface area contributed by atoms with Gasteiger partial charge in [0, 0.05) is 17.8 Å². The molecule has 1 aromatic rings. The monoisotopic (exact) mass is 243 g/mol. The summed E-state index contributed by atoms with van der Waals surface area (Å²) in [6.07, 6.45) is 2.33. The number of aromatic nitrogens is 2. The maximum Gasteiger partial charge on any atom is 0.152 e. The molecule has 2 N–H and O–H groups in total. The Labute approximate surface area is 95.6 Å². The van der Waals surface area contributed by atoms with Gasteiger partial charge in [-0.25, -0.2) is 13.4 Å². The van der Waals surface area contributed by atoms with Crippen molar-refractivity contribution in [2.24, 2.45) is 0 Å². The second kappa shape index (κ2) is 3.85. The van der Waals surface area contributed by atoms with Crippen molar-refractivity contribution in [3.05, 3.63) is 17.7 Å². The second-order valence-electron chi connectivity index (χ2n) is 4.73. The number of H-pyrrole nitrogens is 1. The van der Waals surface area contributed by atoms with Crippen LogP contribution in [0, 0.1) is 6.92 Å². The molecular formula is C10H17N3O2S. The first-order valence-electron chi connectivity index (χ1n) is 5.35. The molecular weight excluding hydrogens is 226 g/mol. The maximum atomic E-state index is 11.4. The average Bonchev–Trinajstić information content (AvgIpc) is 2.69. The molecule has 2 heterocycles. The fourth-order valence-corrected chi connectivity index (χ4v) is 4.14. The van der Waals surface area contributed by atoms with Crippen molar-refractivity contribution in [3.63, 3.8) is 0 Å². The topological polar surface area (TPSA) is 74.8 Å². The highest BCUT2D eigenvalue weighted by molar-refractivity contribution is 7.91. The second-order valence-corrected chi connectivity index (χ2v) is 6.91. The minimum atomic E-state index is -2.85. The number of nitrogens with zero attached hydrogens (tertiary/aromatic N) is 1. The lowest BCUT2D eigenvalue weighted by molar-refractivity contribution is 0.393. The van der Waals surface area contributed by atoms with Crippen LogP contribution in [0.15, 0.2) is 6.33 Å². The average molecular weight is 243 g/mol. The predicted molar refractivity (Wildman–Crippen MR) is 61.8 cm³/mol.